The molecule has 0 aliphatic carbocycles. The van der Waals surface area contributed by atoms with Crippen molar-refractivity contribution in [1.82, 2.24) is 20.2 Å². The van der Waals surface area contributed by atoms with Crippen molar-refractivity contribution in [3.8, 4) is 11.3 Å². The third kappa shape index (κ3) is 5.18. The number of hydrogen-bond donors (Lipinski definition) is 2. The molecule has 0 saturated carbocycles. The van der Waals surface area contributed by atoms with Gasteiger partial charge in [-0.2, -0.15) is 0 Å². The highest BCUT2D eigenvalue weighted by atomic mass is 35.5. The van der Waals surface area contributed by atoms with Gasteiger partial charge in [0.15, 0.2) is 5.11 Å². The summed E-state index contributed by atoms with van der Waals surface area (Å²) >= 11 is 18.8. The van der Waals surface area contributed by atoms with Crippen LogP contribution in [0.15, 0.2) is 46.0 Å². The van der Waals surface area contributed by atoms with Gasteiger partial charge >= 0.3 is 0 Å². The minimum atomic E-state index is -0.419. The molecule has 2 aromatic heterocycles. The summed E-state index contributed by atoms with van der Waals surface area (Å²) in [7, 11) is 0. The van der Waals surface area contributed by atoms with Gasteiger partial charge in [0.2, 0.25) is 11.1 Å². The van der Waals surface area contributed by atoms with Crippen molar-refractivity contribution in [2.45, 2.75) is 12.1 Å². The minimum Gasteiger partial charge on any atom is -0.457 e. The highest BCUT2D eigenvalue weighted by Gasteiger charge is 2.11. The summed E-state index contributed by atoms with van der Waals surface area (Å²) in [5.74, 6) is 1.22. The maximum Gasteiger partial charge on any atom is 0.250 e. The van der Waals surface area contributed by atoms with Gasteiger partial charge in [0.1, 0.15) is 17.3 Å². The largest absolute Gasteiger partial charge is 0.457 e. The van der Waals surface area contributed by atoms with Gasteiger partial charge in [0, 0.05) is 11.6 Å². The summed E-state index contributed by atoms with van der Waals surface area (Å²) in [6.07, 6.45) is 4.70. The third-order valence-corrected chi connectivity index (χ3v) is 5.31. The van der Waals surface area contributed by atoms with E-state index in [9.17, 15) is 4.79 Å². The molecule has 0 aliphatic heterocycles. The summed E-state index contributed by atoms with van der Waals surface area (Å²) in [6.45, 7) is 1.77. The molecule has 0 aliphatic rings. The van der Waals surface area contributed by atoms with E-state index in [0.29, 0.717) is 38.1 Å². The quantitative estimate of drug-likeness (QED) is 0.323. The summed E-state index contributed by atoms with van der Waals surface area (Å²) in [5.41, 5.74) is 3.53. The molecule has 0 spiro atoms. The second kappa shape index (κ2) is 9.45. The molecule has 0 unspecified atom stereocenters. The van der Waals surface area contributed by atoms with Crippen LogP contribution in [0.25, 0.3) is 17.4 Å². The van der Waals surface area contributed by atoms with Gasteiger partial charge in [-0.15, -0.1) is 10.2 Å². The van der Waals surface area contributed by atoms with E-state index in [4.69, 9.17) is 39.8 Å². The second-order valence-electron chi connectivity index (χ2n) is 5.64. The smallest absolute Gasteiger partial charge is 0.250 e. The maximum absolute atomic E-state index is 12.1. The molecule has 0 saturated heterocycles. The molecule has 0 bridgehead atoms. The highest BCUT2D eigenvalue weighted by Crippen LogP contribution is 2.34. The first-order valence-corrected chi connectivity index (χ1v) is 10.6. The molecule has 11 heteroatoms. The Bertz CT molecular complexity index is 1090. The zero-order valence-electron chi connectivity index (χ0n) is 15.3. The molecular weight excluding hydrogens is 453 g/mol. The van der Waals surface area contributed by atoms with Crippen molar-refractivity contribution in [2.75, 3.05) is 11.7 Å². The zero-order chi connectivity index (χ0) is 21.0. The summed E-state index contributed by atoms with van der Waals surface area (Å²) < 4.78 is 7.30. The molecule has 1 amide bonds. The Kier molecular flexibility index (Phi) is 6.96. The third-order valence-electron chi connectivity index (χ3n) is 3.67. The van der Waals surface area contributed by atoms with E-state index in [2.05, 4.69) is 20.9 Å². The van der Waals surface area contributed by atoms with Crippen LogP contribution in [-0.4, -0.2) is 32.1 Å². The standard InChI is InChI=1S/C18H15Cl2N5O2S2/c1-10-22-23-18(29-2)25(10)24-17(28)21-15(26)9-7-11-6-8-14(27-11)12-4-3-5-13(19)16(12)20/h3-9H,1-2H3,(H2,21,24,26,28). The van der Waals surface area contributed by atoms with E-state index < -0.39 is 5.91 Å². The van der Waals surface area contributed by atoms with E-state index >= 15 is 0 Å². The molecule has 2 heterocycles. The number of benzene rings is 1. The Morgan fingerprint density at radius 2 is 2.07 bits per heavy atom. The van der Waals surface area contributed by atoms with Crippen molar-refractivity contribution < 1.29 is 9.21 Å². The van der Waals surface area contributed by atoms with Crippen LogP contribution < -0.4 is 10.7 Å². The fraction of sp³-hybridized carbons (Fsp3) is 0.111. The highest BCUT2D eigenvalue weighted by molar-refractivity contribution is 7.98. The van der Waals surface area contributed by atoms with E-state index in [0.717, 1.165) is 0 Å². The average Bonchev–Trinajstić information content (AvgIpc) is 3.29. The number of aromatic nitrogens is 3. The van der Waals surface area contributed by atoms with Crippen molar-refractivity contribution in [2.24, 2.45) is 0 Å². The first-order chi connectivity index (χ1) is 13.9. The molecule has 7 nitrogen and oxygen atoms in total. The Labute approximate surface area is 186 Å². The summed E-state index contributed by atoms with van der Waals surface area (Å²) in [5, 5.41) is 12.1. The van der Waals surface area contributed by atoms with Crippen LogP contribution in [-0.2, 0) is 4.79 Å². The van der Waals surface area contributed by atoms with Gasteiger partial charge < -0.3 is 4.42 Å². The number of halogens is 2. The lowest BCUT2D eigenvalue weighted by Gasteiger charge is -2.11. The van der Waals surface area contributed by atoms with Crippen LogP contribution >= 0.6 is 47.2 Å². The Morgan fingerprint density at radius 3 is 2.83 bits per heavy atom. The summed E-state index contributed by atoms with van der Waals surface area (Å²) in [6, 6.07) is 8.75. The number of amides is 1. The van der Waals surface area contributed by atoms with E-state index in [1.807, 2.05) is 6.26 Å². The molecule has 0 fully saturated rings. The number of furan rings is 1. The van der Waals surface area contributed by atoms with E-state index in [1.165, 1.54) is 23.9 Å². The molecule has 150 valence electrons. The number of hydrogen-bond acceptors (Lipinski definition) is 6. The first-order valence-electron chi connectivity index (χ1n) is 8.19. The lowest BCUT2D eigenvalue weighted by atomic mass is 10.2. The Balaban J connectivity index is 1.62. The Morgan fingerprint density at radius 1 is 1.28 bits per heavy atom. The fourth-order valence-electron chi connectivity index (χ4n) is 2.33. The molecule has 2 N–H and O–H groups in total. The number of rotatable bonds is 5. The number of carbonyl (C=O) groups is 1. The fourth-order valence-corrected chi connectivity index (χ4v) is 3.39. The molecule has 0 atom stereocenters. The molecule has 1 aromatic carbocycles. The summed E-state index contributed by atoms with van der Waals surface area (Å²) in [4.78, 5) is 12.1. The molecule has 0 radical (unpaired) electrons. The number of aryl methyl sites for hydroxylation is 1. The van der Waals surface area contributed by atoms with E-state index in [1.54, 1.807) is 41.9 Å². The normalized spacial score (nSPS) is 11.0. The Hall–Kier alpha value is -2.33. The maximum atomic E-state index is 12.1. The zero-order valence-corrected chi connectivity index (χ0v) is 18.4. The molecule has 29 heavy (non-hydrogen) atoms. The molecule has 3 rings (SSSR count). The monoisotopic (exact) mass is 467 g/mol. The molecular formula is C18H15Cl2N5O2S2. The van der Waals surface area contributed by atoms with Crippen molar-refractivity contribution in [1.29, 1.82) is 0 Å². The lowest BCUT2D eigenvalue weighted by molar-refractivity contribution is -0.115. The van der Waals surface area contributed by atoms with Crippen LogP contribution in [0.2, 0.25) is 10.0 Å². The predicted molar refractivity (Wildman–Crippen MR) is 120 cm³/mol. The predicted octanol–water partition coefficient (Wildman–Crippen LogP) is 4.53. The van der Waals surface area contributed by atoms with Crippen LogP contribution in [0.1, 0.15) is 11.6 Å². The number of nitrogens with one attached hydrogen (secondary N) is 2. The van der Waals surface area contributed by atoms with Crippen LogP contribution in [0.4, 0.5) is 0 Å². The lowest BCUT2D eigenvalue weighted by Crippen LogP contribution is -2.37. The van der Waals surface area contributed by atoms with Crippen molar-refractivity contribution >= 4 is 64.3 Å². The van der Waals surface area contributed by atoms with Gasteiger partial charge in [-0.05, 0) is 55.7 Å². The van der Waals surface area contributed by atoms with Crippen LogP contribution in [0.5, 0.6) is 0 Å². The van der Waals surface area contributed by atoms with Crippen LogP contribution in [0, 0.1) is 6.92 Å². The van der Waals surface area contributed by atoms with Crippen molar-refractivity contribution in [3.05, 3.63) is 58.0 Å². The second-order valence-corrected chi connectivity index (χ2v) is 7.60. The van der Waals surface area contributed by atoms with Crippen molar-refractivity contribution in [3.63, 3.8) is 0 Å². The SMILES string of the molecule is CSc1nnc(C)n1NC(=S)NC(=O)C=Cc1ccc(-c2cccc(Cl)c2Cl)o1. The van der Waals surface area contributed by atoms with Crippen LogP contribution in [0.3, 0.4) is 0 Å². The first kappa shape index (κ1) is 21.4. The topological polar surface area (TPSA) is 85.0 Å². The average molecular weight is 468 g/mol. The van der Waals surface area contributed by atoms with Gasteiger partial charge in [0.05, 0.1) is 10.0 Å². The molecule has 3 aromatic rings. The van der Waals surface area contributed by atoms with Gasteiger partial charge in [-0.25, -0.2) is 4.68 Å². The number of thiocarbonyl (C=S) groups is 1. The number of nitrogens with zero attached hydrogens (tertiary/aromatic N) is 3. The van der Waals surface area contributed by atoms with Gasteiger partial charge in [-0.1, -0.05) is 41.0 Å². The van der Waals surface area contributed by atoms with Gasteiger partial charge in [0.25, 0.3) is 0 Å². The van der Waals surface area contributed by atoms with Gasteiger partial charge in [-0.3, -0.25) is 15.5 Å². The van der Waals surface area contributed by atoms with E-state index in [-0.39, 0.29) is 5.11 Å². The number of carbonyl (C=O) groups excluding carboxylic acids is 1. The minimum absolute atomic E-state index is 0.115. The number of thioether (sulfide) groups is 1.